The topological polar surface area (TPSA) is 68.3 Å². The van der Waals surface area contributed by atoms with Gasteiger partial charge in [-0.05, 0) is 142 Å². The molecule has 0 amide bonds. The van der Waals surface area contributed by atoms with Gasteiger partial charge in [-0.2, -0.15) is 0 Å². The summed E-state index contributed by atoms with van der Waals surface area (Å²) in [5.74, 6) is -5.73. The molecule has 4 aromatic carbocycles. The Labute approximate surface area is 348 Å². The molecule has 2 aromatic heterocycles. The fraction of sp³-hybridized carbons (Fsp3) is 0.240. The van der Waals surface area contributed by atoms with Gasteiger partial charge in [0, 0.05) is 52.6 Å². The first-order valence-corrected chi connectivity index (χ1v) is 22.1. The average molecular weight is 837 g/mol. The van der Waals surface area contributed by atoms with Crippen LogP contribution < -0.4 is 0 Å². The Morgan fingerprint density at radius 2 is 0.900 bits per heavy atom. The minimum Gasteiger partial charge on any atom is -0.288 e. The Balaban J connectivity index is 0.962. The summed E-state index contributed by atoms with van der Waals surface area (Å²) in [6.07, 6.45) is 15.7. The molecule has 12 rings (SSSR count). The smallest absolute Gasteiger partial charge is 0.197 e. The van der Waals surface area contributed by atoms with Crippen molar-refractivity contribution in [1.29, 1.82) is 0 Å². The summed E-state index contributed by atoms with van der Waals surface area (Å²) in [5, 5.41) is 1.42. The largest absolute Gasteiger partial charge is 0.288 e. The monoisotopic (exact) mass is 836 g/mol. The van der Waals surface area contributed by atoms with Gasteiger partial charge in [0.1, 0.15) is 0 Å². The van der Waals surface area contributed by atoms with Crippen molar-refractivity contribution in [3.8, 4) is 9.75 Å². The van der Waals surface area contributed by atoms with Crippen LogP contribution in [0.2, 0.25) is 0 Å². The fourth-order valence-electron chi connectivity index (χ4n) is 11.4. The molecule has 10 heteroatoms. The number of ketones is 4. The van der Waals surface area contributed by atoms with Crippen LogP contribution in [0.15, 0.2) is 77.4 Å². The van der Waals surface area contributed by atoms with Gasteiger partial charge in [0.2, 0.25) is 0 Å². The molecule has 60 heavy (non-hydrogen) atoms. The predicted molar refractivity (Wildman–Crippen MR) is 225 cm³/mol. The van der Waals surface area contributed by atoms with E-state index in [4.69, 9.17) is 0 Å². The maximum atomic E-state index is 14.2. The Morgan fingerprint density at radius 3 is 1.37 bits per heavy atom. The Hall–Kier alpha value is -5.58. The molecule has 0 saturated heterocycles. The van der Waals surface area contributed by atoms with Crippen LogP contribution in [-0.2, 0) is 10.8 Å². The number of allylic oxidation sites excluding steroid dienone is 4. The predicted octanol–water partition coefficient (Wildman–Crippen LogP) is 13.0. The standard InChI is InChI=1S/C50H32F4O4S2/c51-36-15-23-11-29-30(12-24(23)16-37(36)52)44(56)33(43(29)55)19-27-20-40-41(49(27)7-3-1-4-8-49)42-48(60-40)47-35(50(42)9-5-2-6-10-50)22-28(59-47)21-34-45(57)31-13-25-17-38(53)39(54)18-26(25)14-32(31)46(34)58/h11-22H,1-10H2. The number of rotatable bonds is 2. The summed E-state index contributed by atoms with van der Waals surface area (Å²) in [4.78, 5) is 59.8. The van der Waals surface area contributed by atoms with Crippen molar-refractivity contribution in [1.82, 2.24) is 0 Å². The molecule has 2 fully saturated rings. The number of Topliss-reactive ketones (excluding diaryl/α,β-unsaturated/α-hetero) is 4. The minimum atomic E-state index is -1.02. The Bertz CT molecular complexity index is 3060. The second-order valence-corrected chi connectivity index (χ2v) is 19.4. The number of carbonyl (C=O) groups excluding carboxylic acids is 4. The molecule has 6 aliphatic carbocycles. The maximum absolute atomic E-state index is 14.2. The van der Waals surface area contributed by atoms with E-state index in [1.807, 2.05) is 6.08 Å². The third-order valence-electron chi connectivity index (χ3n) is 14.2. The first-order chi connectivity index (χ1) is 29.0. The summed E-state index contributed by atoms with van der Waals surface area (Å²) in [7, 11) is 0. The highest BCUT2D eigenvalue weighted by Crippen LogP contribution is 2.67. The van der Waals surface area contributed by atoms with Crippen molar-refractivity contribution >= 4 is 79.5 Å². The summed E-state index contributed by atoms with van der Waals surface area (Å²) >= 11 is 3.33. The van der Waals surface area contributed by atoms with E-state index in [9.17, 15) is 36.7 Å². The summed E-state index contributed by atoms with van der Waals surface area (Å²) in [6.45, 7) is 0. The highest BCUT2D eigenvalue weighted by Gasteiger charge is 2.54. The molecule has 2 spiro atoms. The van der Waals surface area contributed by atoms with Gasteiger partial charge in [0.05, 0.1) is 11.1 Å². The molecule has 6 aromatic rings. The Kier molecular flexibility index (Phi) is 7.55. The molecule has 296 valence electrons. The van der Waals surface area contributed by atoms with Gasteiger partial charge >= 0.3 is 0 Å². The van der Waals surface area contributed by atoms with E-state index in [1.54, 1.807) is 28.7 Å². The van der Waals surface area contributed by atoms with E-state index >= 15 is 0 Å². The highest BCUT2D eigenvalue weighted by atomic mass is 32.1. The van der Waals surface area contributed by atoms with Crippen molar-refractivity contribution in [2.75, 3.05) is 0 Å². The quantitative estimate of drug-likeness (QED) is 0.0990. The molecule has 0 N–H and O–H groups in total. The summed E-state index contributed by atoms with van der Waals surface area (Å²) in [6, 6.07) is 12.3. The van der Waals surface area contributed by atoms with Gasteiger partial charge in [-0.3, -0.25) is 19.2 Å². The van der Waals surface area contributed by atoms with Crippen molar-refractivity contribution < 1.29 is 36.7 Å². The van der Waals surface area contributed by atoms with E-state index in [2.05, 4.69) is 12.1 Å². The van der Waals surface area contributed by atoms with Gasteiger partial charge in [-0.1, -0.05) is 38.5 Å². The van der Waals surface area contributed by atoms with Crippen LogP contribution in [0.4, 0.5) is 17.6 Å². The molecule has 0 atom stereocenters. The van der Waals surface area contributed by atoms with E-state index in [0.29, 0.717) is 21.5 Å². The van der Waals surface area contributed by atoms with Gasteiger partial charge in [0.25, 0.3) is 0 Å². The SMILES string of the molecule is O=C1C(=CC2=Cc3sc4c(c3C23CCCCC3)C2(CCCCC2)c2cc(C=C3C(=O)c5cc6cc(F)c(F)cc6cc5C3=O)sc2-4)C(=O)c2cc3cc(F)c(F)cc3cc21. The maximum Gasteiger partial charge on any atom is 0.197 e. The van der Waals surface area contributed by atoms with Crippen LogP contribution in [-0.4, -0.2) is 23.1 Å². The lowest BCUT2D eigenvalue weighted by molar-refractivity contribution is 0.0974. The van der Waals surface area contributed by atoms with Crippen molar-refractivity contribution in [3.63, 3.8) is 0 Å². The van der Waals surface area contributed by atoms with Crippen molar-refractivity contribution in [2.24, 2.45) is 0 Å². The van der Waals surface area contributed by atoms with Gasteiger partial charge in [0.15, 0.2) is 46.4 Å². The molecule has 4 nitrogen and oxygen atoms in total. The van der Waals surface area contributed by atoms with Crippen molar-refractivity contribution in [2.45, 2.75) is 75.0 Å². The average Bonchev–Trinajstić information content (AvgIpc) is 4.04. The molecule has 2 saturated carbocycles. The van der Waals surface area contributed by atoms with Crippen LogP contribution in [0.25, 0.3) is 43.5 Å². The lowest BCUT2D eigenvalue weighted by Gasteiger charge is -2.42. The number of hydrogen-bond donors (Lipinski definition) is 0. The number of hydrogen-bond acceptors (Lipinski definition) is 6. The van der Waals surface area contributed by atoms with E-state index in [0.717, 1.165) is 109 Å². The third kappa shape index (κ3) is 4.77. The zero-order chi connectivity index (χ0) is 41.0. The first-order valence-electron chi connectivity index (χ1n) is 20.5. The van der Waals surface area contributed by atoms with Gasteiger partial charge in [-0.25, -0.2) is 17.6 Å². The number of halogens is 4. The van der Waals surface area contributed by atoms with E-state index < -0.39 is 46.4 Å². The Morgan fingerprint density at radius 1 is 0.467 bits per heavy atom. The van der Waals surface area contributed by atoms with Gasteiger partial charge in [-0.15, -0.1) is 22.7 Å². The second-order valence-electron chi connectivity index (χ2n) is 17.3. The van der Waals surface area contributed by atoms with Crippen LogP contribution >= 0.6 is 22.7 Å². The first kappa shape index (κ1) is 36.3. The number of thiophene rings is 2. The van der Waals surface area contributed by atoms with E-state index in [1.165, 1.54) is 45.8 Å². The molecule has 0 unspecified atom stereocenters. The fourth-order valence-corrected chi connectivity index (χ4v) is 14.2. The molecule has 0 bridgehead atoms. The normalized spacial score (nSPS) is 19.4. The minimum absolute atomic E-state index is 0.0418. The van der Waals surface area contributed by atoms with Crippen LogP contribution in [0.5, 0.6) is 0 Å². The summed E-state index contributed by atoms with van der Waals surface area (Å²) < 4.78 is 56.5. The highest BCUT2D eigenvalue weighted by molar-refractivity contribution is 7.23. The lowest BCUT2D eigenvalue weighted by atomic mass is 9.61. The van der Waals surface area contributed by atoms with E-state index in [-0.39, 0.29) is 44.2 Å². The van der Waals surface area contributed by atoms with Crippen LogP contribution in [0, 0.1) is 23.3 Å². The lowest BCUT2D eigenvalue weighted by Crippen LogP contribution is -2.35. The second kappa shape index (κ2) is 12.5. The number of benzene rings is 4. The van der Waals surface area contributed by atoms with Crippen molar-refractivity contribution in [3.05, 3.63) is 149 Å². The molecular formula is C50H32F4O4S2. The van der Waals surface area contributed by atoms with Crippen LogP contribution in [0.1, 0.15) is 132 Å². The number of carbonyl (C=O) groups is 4. The zero-order valence-electron chi connectivity index (χ0n) is 32.0. The molecular weight excluding hydrogens is 805 g/mol. The molecule has 0 radical (unpaired) electrons. The summed E-state index contributed by atoms with van der Waals surface area (Å²) in [5.41, 5.74) is 5.15. The van der Waals surface area contributed by atoms with Gasteiger partial charge < -0.3 is 0 Å². The zero-order valence-corrected chi connectivity index (χ0v) is 33.6. The number of fused-ring (bicyclic) bond motifs is 12. The molecule has 0 aliphatic heterocycles. The molecule has 2 heterocycles. The third-order valence-corrected chi connectivity index (χ3v) is 16.6. The molecule has 6 aliphatic rings. The van der Waals surface area contributed by atoms with Crippen LogP contribution in [0.3, 0.4) is 0 Å².